The Morgan fingerprint density at radius 1 is 1.12 bits per heavy atom. The van der Waals surface area contributed by atoms with Crippen molar-refractivity contribution in [3.8, 4) is 0 Å². The number of carbonyl (C=O) groups is 1. The number of anilines is 1. The van der Waals surface area contributed by atoms with E-state index in [1.807, 2.05) is 12.1 Å². The summed E-state index contributed by atoms with van der Waals surface area (Å²) < 4.78 is 42.9. The van der Waals surface area contributed by atoms with E-state index >= 15 is 0 Å². The van der Waals surface area contributed by atoms with E-state index in [9.17, 15) is 18.0 Å². The molecule has 1 aliphatic rings. The number of rotatable bonds is 4. The van der Waals surface area contributed by atoms with Crippen LogP contribution in [-0.4, -0.2) is 37.2 Å². The minimum absolute atomic E-state index is 0.177. The van der Waals surface area contributed by atoms with E-state index in [-0.39, 0.29) is 12.1 Å². The normalized spacial score (nSPS) is 15.0. The standard InChI is InChI=1S/C18H18F3N3O2/c19-18(20,21)15-4-2-14(3-5-15)17(25)23-12-13-1-6-16(22-11-13)24-7-9-26-10-8-24/h1-6,11H,7-10,12H2,(H,23,25). The van der Waals surface area contributed by atoms with E-state index in [0.29, 0.717) is 13.2 Å². The number of benzene rings is 1. The van der Waals surface area contributed by atoms with Crippen molar-refractivity contribution in [1.82, 2.24) is 10.3 Å². The first-order chi connectivity index (χ1) is 12.4. The van der Waals surface area contributed by atoms with Crippen molar-refractivity contribution < 1.29 is 22.7 Å². The number of hydrogen-bond acceptors (Lipinski definition) is 4. The SMILES string of the molecule is O=C(NCc1ccc(N2CCOCC2)nc1)c1ccc(C(F)(F)F)cc1. The summed E-state index contributed by atoms with van der Waals surface area (Å²) in [6.07, 6.45) is -2.74. The quantitative estimate of drug-likeness (QED) is 0.905. The lowest BCUT2D eigenvalue weighted by atomic mass is 10.1. The minimum Gasteiger partial charge on any atom is -0.378 e. The molecule has 26 heavy (non-hydrogen) atoms. The van der Waals surface area contributed by atoms with Gasteiger partial charge in [0.25, 0.3) is 5.91 Å². The van der Waals surface area contributed by atoms with Gasteiger partial charge < -0.3 is 15.0 Å². The summed E-state index contributed by atoms with van der Waals surface area (Å²) in [7, 11) is 0. The number of ether oxygens (including phenoxy) is 1. The van der Waals surface area contributed by atoms with E-state index in [2.05, 4.69) is 15.2 Å². The number of nitrogens with zero attached hydrogens (tertiary/aromatic N) is 2. The van der Waals surface area contributed by atoms with Crippen molar-refractivity contribution in [1.29, 1.82) is 0 Å². The average Bonchev–Trinajstić information content (AvgIpc) is 2.66. The predicted octanol–water partition coefficient (Wildman–Crippen LogP) is 2.87. The Labute approximate surface area is 148 Å². The molecule has 5 nitrogen and oxygen atoms in total. The summed E-state index contributed by atoms with van der Waals surface area (Å²) in [4.78, 5) is 18.6. The van der Waals surface area contributed by atoms with E-state index in [1.54, 1.807) is 6.20 Å². The van der Waals surface area contributed by atoms with Gasteiger partial charge in [0.05, 0.1) is 18.8 Å². The molecule has 0 unspecified atom stereocenters. The predicted molar refractivity (Wildman–Crippen MR) is 89.9 cm³/mol. The molecule has 0 radical (unpaired) electrons. The Hall–Kier alpha value is -2.61. The van der Waals surface area contributed by atoms with Crippen LogP contribution < -0.4 is 10.2 Å². The van der Waals surface area contributed by atoms with Crippen LogP contribution >= 0.6 is 0 Å². The largest absolute Gasteiger partial charge is 0.416 e. The van der Waals surface area contributed by atoms with Gasteiger partial charge in [0.1, 0.15) is 5.82 Å². The molecule has 1 aromatic carbocycles. The van der Waals surface area contributed by atoms with Gasteiger partial charge in [0, 0.05) is 31.4 Å². The van der Waals surface area contributed by atoms with Crippen LogP contribution in [0.2, 0.25) is 0 Å². The van der Waals surface area contributed by atoms with Gasteiger partial charge in [0.15, 0.2) is 0 Å². The molecule has 1 fully saturated rings. The van der Waals surface area contributed by atoms with Crippen molar-refractivity contribution in [2.24, 2.45) is 0 Å². The molecule has 138 valence electrons. The number of halogens is 3. The van der Waals surface area contributed by atoms with Crippen molar-refractivity contribution in [3.05, 3.63) is 59.3 Å². The van der Waals surface area contributed by atoms with Gasteiger partial charge in [-0.3, -0.25) is 4.79 Å². The number of carbonyl (C=O) groups excluding carboxylic acids is 1. The zero-order valence-corrected chi connectivity index (χ0v) is 13.9. The van der Waals surface area contributed by atoms with Crippen LogP contribution in [-0.2, 0) is 17.5 Å². The molecule has 2 heterocycles. The second-order valence-electron chi connectivity index (χ2n) is 5.88. The number of aromatic nitrogens is 1. The topological polar surface area (TPSA) is 54.5 Å². The Balaban J connectivity index is 1.55. The lowest BCUT2D eigenvalue weighted by molar-refractivity contribution is -0.137. The molecule has 2 aromatic rings. The van der Waals surface area contributed by atoms with Crippen LogP contribution in [0.15, 0.2) is 42.6 Å². The molecule has 1 aliphatic heterocycles. The van der Waals surface area contributed by atoms with Crippen LogP contribution in [0.25, 0.3) is 0 Å². The molecule has 0 aliphatic carbocycles. The summed E-state index contributed by atoms with van der Waals surface area (Å²) in [6, 6.07) is 7.87. The zero-order valence-electron chi connectivity index (χ0n) is 13.9. The summed E-state index contributed by atoms with van der Waals surface area (Å²) in [6.45, 7) is 3.17. The summed E-state index contributed by atoms with van der Waals surface area (Å²) in [5.74, 6) is 0.419. The fraction of sp³-hybridized carbons (Fsp3) is 0.333. The Morgan fingerprint density at radius 3 is 2.38 bits per heavy atom. The minimum atomic E-state index is -4.41. The van der Waals surface area contributed by atoms with E-state index < -0.39 is 17.6 Å². The number of pyridine rings is 1. The lowest BCUT2D eigenvalue weighted by Crippen LogP contribution is -2.36. The highest BCUT2D eigenvalue weighted by molar-refractivity contribution is 5.94. The molecule has 3 rings (SSSR count). The number of hydrogen-bond donors (Lipinski definition) is 1. The average molecular weight is 365 g/mol. The molecule has 1 aromatic heterocycles. The first-order valence-corrected chi connectivity index (χ1v) is 8.16. The lowest BCUT2D eigenvalue weighted by Gasteiger charge is -2.27. The third kappa shape index (κ3) is 4.51. The van der Waals surface area contributed by atoms with Crippen LogP contribution in [0.5, 0.6) is 0 Å². The highest BCUT2D eigenvalue weighted by atomic mass is 19.4. The van der Waals surface area contributed by atoms with Crippen LogP contribution in [0.4, 0.5) is 19.0 Å². The van der Waals surface area contributed by atoms with Crippen molar-refractivity contribution in [3.63, 3.8) is 0 Å². The van der Waals surface area contributed by atoms with Gasteiger partial charge in [-0.25, -0.2) is 4.98 Å². The first-order valence-electron chi connectivity index (χ1n) is 8.16. The zero-order chi connectivity index (χ0) is 18.6. The fourth-order valence-electron chi connectivity index (χ4n) is 2.60. The summed E-state index contributed by atoms with van der Waals surface area (Å²) in [5.41, 5.74) is 0.204. The monoisotopic (exact) mass is 365 g/mol. The third-order valence-corrected chi connectivity index (χ3v) is 4.07. The van der Waals surface area contributed by atoms with Gasteiger partial charge >= 0.3 is 6.18 Å². The molecule has 1 N–H and O–H groups in total. The molecular weight excluding hydrogens is 347 g/mol. The molecule has 1 amide bonds. The molecule has 1 saturated heterocycles. The maximum absolute atomic E-state index is 12.5. The van der Waals surface area contributed by atoms with Crippen LogP contribution in [0.3, 0.4) is 0 Å². The number of amides is 1. The Morgan fingerprint density at radius 2 is 1.81 bits per heavy atom. The Kier molecular flexibility index (Phi) is 5.41. The van der Waals surface area contributed by atoms with Gasteiger partial charge in [-0.05, 0) is 35.9 Å². The molecular formula is C18H18F3N3O2. The number of alkyl halides is 3. The first kappa shape index (κ1) is 18.2. The van der Waals surface area contributed by atoms with E-state index in [0.717, 1.165) is 48.7 Å². The third-order valence-electron chi connectivity index (χ3n) is 4.07. The van der Waals surface area contributed by atoms with Crippen molar-refractivity contribution >= 4 is 11.7 Å². The van der Waals surface area contributed by atoms with Crippen LogP contribution in [0, 0.1) is 0 Å². The second-order valence-corrected chi connectivity index (χ2v) is 5.88. The maximum Gasteiger partial charge on any atom is 0.416 e. The van der Waals surface area contributed by atoms with Crippen LogP contribution in [0.1, 0.15) is 21.5 Å². The summed E-state index contributed by atoms with van der Waals surface area (Å²) in [5, 5.41) is 2.68. The number of nitrogens with one attached hydrogen (secondary N) is 1. The summed E-state index contributed by atoms with van der Waals surface area (Å²) >= 11 is 0. The van der Waals surface area contributed by atoms with E-state index in [4.69, 9.17) is 4.74 Å². The Bertz CT molecular complexity index is 740. The van der Waals surface area contributed by atoms with Gasteiger partial charge in [0.2, 0.25) is 0 Å². The molecule has 0 spiro atoms. The van der Waals surface area contributed by atoms with Crippen molar-refractivity contribution in [2.45, 2.75) is 12.7 Å². The molecule has 0 atom stereocenters. The highest BCUT2D eigenvalue weighted by Gasteiger charge is 2.30. The molecule has 8 heteroatoms. The molecule has 0 saturated carbocycles. The number of morpholine rings is 1. The fourth-order valence-corrected chi connectivity index (χ4v) is 2.60. The van der Waals surface area contributed by atoms with Crippen molar-refractivity contribution in [2.75, 3.05) is 31.2 Å². The maximum atomic E-state index is 12.5. The smallest absolute Gasteiger partial charge is 0.378 e. The van der Waals surface area contributed by atoms with E-state index in [1.165, 1.54) is 0 Å². The molecule has 0 bridgehead atoms. The van der Waals surface area contributed by atoms with Gasteiger partial charge in [-0.1, -0.05) is 6.07 Å². The second kappa shape index (κ2) is 7.74. The van der Waals surface area contributed by atoms with Gasteiger partial charge in [-0.2, -0.15) is 13.2 Å². The van der Waals surface area contributed by atoms with Gasteiger partial charge in [-0.15, -0.1) is 0 Å². The highest BCUT2D eigenvalue weighted by Crippen LogP contribution is 2.29.